The molecule has 6 aromatic rings. The lowest BCUT2D eigenvalue weighted by molar-refractivity contribution is -0.121. The number of nitrogens with zero attached hydrogens (tertiary/aromatic N) is 5. The van der Waals surface area contributed by atoms with Crippen LogP contribution in [0.1, 0.15) is 100 Å². The number of aliphatic imine (C=N–C) groups is 1. The predicted octanol–water partition coefficient (Wildman–Crippen LogP) is 10.3. The van der Waals surface area contributed by atoms with Crippen LogP contribution in [0.3, 0.4) is 0 Å². The van der Waals surface area contributed by atoms with Gasteiger partial charge in [-0.3, -0.25) is 23.9 Å². The van der Waals surface area contributed by atoms with Gasteiger partial charge in [0.2, 0.25) is 11.8 Å². The van der Waals surface area contributed by atoms with E-state index in [1.807, 2.05) is 56.5 Å². The van der Waals surface area contributed by atoms with Crippen LogP contribution >= 0.6 is 46.1 Å². The van der Waals surface area contributed by atoms with Crippen LogP contribution in [-0.2, 0) is 24.5 Å². The number of aromatic nitrogens is 3. The molecule has 0 bridgehead atoms. The predicted molar refractivity (Wildman–Crippen MR) is 294 cm³/mol. The van der Waals surface area contributed by atoms with E-state index in [-0.39, 0.29) is 96.4 Å². The summed E-state index contributed by atoms with van der Waals surface area (Å²) >= 11 is 20.3. The third-order valence-corrected chi connectivity index (χ3v) is 15.6. The average Bonchev–Trinajstić information content (AvgIpc) is 4.01. The van der Waals surface area contributed by atoms with Gasteiger partial charge >= 0.3 is 0 Å². The number of amides is 3. The molecule has 8 rings (SSSR count). The Bertz CT molecular complexity index is 3270. The monoisotopic (exact) mass is 1130 g/mol. The van der Waals surface area contributed by atoms with Gasteiger partial charge in [-0.2, -0.15) is 5.26 Å². The summed E-state index contributed by atoms with van der Waals surface area (Å²) in [6.45, 7) is 13.2. The Morgan fingerprint density at radius 2 is 1.60 bits per heavy atom. The summed E-state index contributed by atoms with van der Waals surface area (Å²) in [6.07, 6.45) is 0.326. The summed E-state index contributed by atoms with van der Waals surface area (Å²) in [5.74, 6) is -2.82. The fraction of sp³-hybridized carbons (Fsp3) is 0.375. The van der Waals surface area contributed by atoms with Crippen molar-refractivity contribution in [2.24, 2.45) is 10.4 Å². The number of aryl methyl sites for hydroxylation is 2. The number of nitriles is 1. The molecule has 4 heterocycles. The smallest absolute Gasteiger partial charge is 0.251 e. The first-order valence-corrected chi connectivity index (χ1v) is 26.8. The van der Waals surface area contributed by atoms with E-state index in [2.05, 4.69) is 51.4 Å². The van der Waals surface area contributed by atoms with Crippen molar-refractivity contribution in [3.05, 3.63) is 155 Å². The number of halogens is 5. The summed E-state index contributed by atoms with van der Waals surface area (Å²) in [6, 6.07) is 19.8. The van der Waals surface area contributed by atoms with Crippen molar-refractivity contribution in [3.8, 4) is 16.8 Å². The Balaban J connectivity index is 0.829. The second-order valence-electron chi connectivity index (χ2n) is 20.0. The molecule has 77 heavy (non-hydrogen) atoms. The number of carbonyl (C=O) groups is 3. The number of carbonyl (C=O) groups excluding carboxylic acids is 3. The molecule has 0 radical (unpaired) electrons. The fourth-order valence-electron chi connectivity index (χ4n) is 10.0. The van der Waals surface area contributed by atoms with Gasteiger partial charge < -0.3 is 35.5 Å². The zero-order valence-corrected chi connectivity index (χ0v) is 46.5. The van der Waals surface area contributed by atoms with Gasteiger partial charge in [0.15, 0.2) is 5.82 Å². The summed E-state index contributed by atoms with van der Waals surface area (Å²) in [5.41, 5.74) is 1.76. The minimum Gasteiger partial charge on any atom is -0.495 e. The Morgan fingerprint density at radius 1 is 0.896 bits per heavy atom. The summed E-state index contributed by atoms with van der Waals surface area (Å²) in [4.78, 5) is 47.5. The lowest BCUT2D eigenvalue weighted by Gasteiger charge is -2.37. The van der Waals surface area contributed by atoms with Gasteiger partial charge in [-0.25, -0.2) is 8.78 Å². The summed E-state index contributed by atoms with van der Waals surface area (Å²) < 4.78 is 51.3. The van der Waals surface area contributed by atoms with Crippen molar-refractivity contribution < 1.29 is 37.4 Å². The van der Waals surface area contributed by atoms with Crippen LogP contribution in [-0.4, -0.2) is 96.9 Å². The molecule has 2 unspecified atom stereocenters. The minimum atomic E-state index is -1.82. The highest BCUT2D eigenvalue weighted by atomic mass is 35.5. The van der Waals surface area contributed by atoms with Crippen LogP contribution in [0.4, 0.5) is 14.5 Å². The maximum atomic E-state index is 16.2. The Labute approximate surface area is 464 Å². The molecule has 1 fully saturated rings. The molecule has 4 N–H and O–H groups in total. The molecule has 0 spiro atoms. The van der Waals surface area contributed by atoms with E-state index >= 15 is 8.78 Å². The standard InChI is InChI=1S/C56H58Cl3F2N9O6S/c1-30-31(2)77-54-46(30)49(33-11-14-35(57)15-12-33)65-42(51-69-68-32(3)70(51)54)27-45(71)63-19-21-75-23-24-76-22-20-64-52(72)34-13-18-41(43(25-34)74-7)66-53(73)50-47(37-9-8-10-39(59)48(37)61)56(29-62,44(67-50)28-55(4,5)6)38-17-16-36(58)26-40(38)60/h8-18,25-26,42,44,47,50,67H,19-24,27-28H2,1-7H3,(H,63,71)(H,64,72)(H,66,73)/t42-,44?,47-,50?,56-/m0/s1. The fourth-order valence-corrected chi connectivity index (χ4v) is 11.7. The second-order valence-corrected chi connectivity index (χ2v) is 22.5. The topological polar surface area (TPSA) is 194 Å². The molecule has 4 aromatic carbocycles. The van der Waals surface area contributed by atoms with Gasteiger partial charge in [-0.1, -0.05) is 85.9 Å². The number of benzene rings is 4. The number of ether oxygens (including phenoxy) is 3. The normalized spacial score (nSPS) is 18.9. The summed E-state index contributed by atoms with van der Waals surface area (Å²) in [7, 11) is 1.37. The lowest BCUT2D eigenvalue weighted by Crippen LogP contribution is -2.45. The van der Waals surface area contributed by atoms with Crippen molar-refractivity contribution in [2.75, 3.05) is 51.9 Å². The molecule has 15 nitrogen and oxygen atoms in total. The molecule has 5 atom stereocenters. The van der Waals surface area contributed by atoms with E-state index in [0.717, 1.165) is 38.3 Å². The molecule has 2 aliphatic rings. The number of hydrogen-bond donors (Lipinski definition) is 4. The number of rotatable bonds is 19. The van der Waals surface area contributed by atoms with Crippen molar-refractivity contribution in [1.29, 1.82) is 5.26 Å². The molecule has 21 heteroatoms. The van der Waals surface area contributed by atoms with Gasteiger partial charge in [0, 0.05) is 62.2 Å². The molecular weight excluding hydrogens is 1070 g/mol. The average molecular weight is 1130 g/mol. The minimum absolute atomic E-state index is 0.0392. The van der Waals surface area contributed by atoms with E-state index in [1.165, 1.54) is 55.6 Å². The number of thiophene rings is 1. The van der Waals surface area contributed by atoms with Gasteiger partial charge in [-0.15, -0.1) is 21.5 Å². The SMILES string of the molecule is COc1cc(C(=O)NCCOCCOCCNC(=O)C[C@@H]2N=C(c3ccc(Cl)cc3)c3c(sc(C)c3C)-n3c(C)nnc32)ccc1NC(=O)C1NC(CC(C)(C)C)[C@](C#N)(c2ccc(Cl)cc2F)[C@H]1c1cccc(Cl)c1F. The van der Waals surface area contributed by atoms with E-state index in [1.54, 1.807) is 11.3 Å². The van der Waals surface area contributed by atoms with Crippen LogP contribution in [0.25, 0.3) is 5.00 Å². The lowest BCUT2D eigenvalue weighted by atomic mass is 9.62. The van der Waals surface area contributed by atoms with Crippen LogP contribution in [0.2, 0.25) is 15.1 Å². The number of fused-ring (bicyclic) bond motifs is 3. The molecule has 3 amide bonds. The number of anilines is 1. The molecule has 0 aliphatic carbocycles. The van der Waals surface area contributed by atoms with Crippen molar-refractivity contribution in [3.63, 3.8) is 0 Å². The second kappa shape index (κ2) is 24.2. The quantitative estimate of drug-likeness (QED) is 0.0567. The maximum absolute atomic E-state index is 16.2. The van der Waals surface area contributed by atoms with Gasteiger partial charge in [0.05, 0.1) is 68.5 Å². The van der Waals surface area contributed by atoms with Crippen LogP contribution < -0.4 is 26.0 Å². The molecule has 404 valence electrons. The third kappa shape index (κ3) is 12.2. The first kappa shape index (κ1) is 56.9. The Kier molecular flexibility index (Phi) is 17.8. The van der Waals surface area contributed by atoms with E-state index in [9.17, 15) is 19.6 Å². The Morgan fingerprint density at radius 3 is 2.27 bits per heavy atom. The number of nitrogens with one attached hydrogen (secondary N) is 4. The molecule has 0 saturated carbocycles. The molecule has 2 aliphatic heterocycles. The van der Waals surface area contributed by atoms with Crippen LogP contribution in [0, 0.1) is 49.2 Å². The van der Waals surface area contributed by atoms with Crippen LogP contribution in [0.15, 0.2) is 83.9 Å². The zero-order chi connectivity index (χ0) is 55.3. The van der Waals surface area contributed by atoms with Crippen molar-refractivity contribution in [2.45, 2.75) is 83.8 Å². The third-order valence-electron chi connectivity index (χ3n) is 13.7. The van der Waals surface area contributed by atoms with Gasteiger partial charge in [0.1, 0.15) is 39.7 Å². The summed E-state index contributed by atoms with van der Waals surface area (Å²) in [5, 5.41) is 33.3. The highest BCUT2D eigenvalue weighted by Crippen LogP contribution is 2.53. The first-order chi connectivity index (χ1) is 36.8. The van der Waals surface area contributed by atoms with E-state index in [4.69, 9.17) is 54.0 Å². The number of hydrogen-bond acceptors (Lipinski definition) is 12. The van der Waals surface area contributed by atoms with E-state index in [0.29, 0.717) is 16.7 Å². The first-order valence-electron chi connectivity index (χ1n) is 24.9. The Hall–Kier alpha value is -6.30. The molecular formula is C56H58Cl3F2N9O6S. The van der Waals surface area contributed by atoms with Crippen molar-refractivity contribution in [1.82, 2.24) is 30.7 Å². The van der Waals surface area contributed by atoms with Crippen molar-refractivity contribution >= 4 is 75.3 Å². The van der Waals surface area contributed by atoms with Crippen LogP contribution in [0.5, 0.6) is 5.75 Å². The maximum Gasteiger partial charge on any atom is 0.251 e. The molecule has 1 saturated heterocycles. The molecule has 2 aromatic heterocycles. The zero-order valence-electron chi connectivity index (χ0n) is 43.5. The van der Waals surface area contributed by atoms with Gasteiger partial charge in [-0.05, 0) is 92.3 Å². The highest BCUT2D eigenvalue weighted by molar-refractivity contribution is 7.15. The highest BCUT2D eigenvalue weighted by Gasteiger charge is 2.61. The van der Waals surface area contributed by atoms with Gasteiger partial charge in [0.25, 0.3) is 5.91 Å². The largest absolute Gasteiger partial charge is 0.495 e. The number of methoxy groups -OCH3 is 1. The van der Waals surface area contributed by atoms with E-state index < -0.39 is 58.3 Å².